The summed E-state index contributed by atoms with van der Waals surface area (Å²) < 4.78 is 3.10. The standard InChI is InChI=1S/C20H26BrN3O/c21-17-6-7-19-15(12-17)8-11-24(19)14-20(25)22-13-16-4-3-10-23-9-2-1-5-18(16)23/h6-8,11-12,16,18H,1-5,9-10,13-14H2,(H,22,25)/t16-,18-/m1/s1. The van der Waals surface area contributed by atoms with Crippen molar-refractivity contribution in [2.24, 2.45) is 5.92 Å². The monoisotopic (exact) mass is 403 g/mol. The predicted octanol–water partition coefficient (Wildman–Crippen LogP) is 3.78. The summed E-state index contributed by atoms with van der Waals surface area (Å²) in [6, 6.07) is 8.93. The van der Waals surface area contributed by atoms with Crippen LogP contribution >= 0.6 is 15.9 Å². The van der Waals surface area contributed by atoms with E-state index in [1.165, 1.54) is 45.2 Å². The van der Waals surface area contributed by atoms with Crippen molar-refractivity contribution in [2.45, 2.75) is 44.7 Å². The molecule has 2 aliphatic rings. The van der Waals surface area contributed by atoms with Gasteiger partial charge in [0, 0.05) is 34.2 Å². The van der Waals surface area contributed by atoms with E-state index in [0.717, 1.165) is 21.9 Å². The van der Waals surface area contributed by atoms with Gasteiger partial charge < -0.3 is 14.8 Å². The molecule has 134 valence electrons. The fourth-order valence-corrected chi connectivity index (χ4v) is 4.96. The highest BCUT2D eigenvalue weighted by Crippen LogP contribution is 2.30. The van der Waals surface area contributed by atoms with E-state index >= 15 is 0 Å². The Hall–Kier alpha value is -1.33. The summed E-state index contributed by atoms with van der Waals surface area (Å²) in [5.41, 5.74) is 1.11. The molecule has 1 aromatic carbocycles. The van der Waals surface area contributed by atoms with Crippen LogP contribution in [0.15, 0.2) is 34.9 Å². The van der Waals surface area contributed by atoms with Crippen molar-refractivity contribution in [3.8, 4) is 0 Å². The predicted molar refractivity (Wildman–Crippen MR) is 105 cm³/mol. The Balaban J connectivity index is 1.35. The molecule has 3 heterocycles. The van der Waals surface area contributed by atoms with E-state index in [0.29, 0.717) is 18.5 Å². The minimum atomic E-state index is 0.119. The Labute approximate surface area is 157 Å². The van der Waals surface area contributed by atoms with Crippen molar-refractivity contribution in [1.82, 2.24) is 14.8 Å². The van der Waals surface area contributed by atoms with E-state index in [-0.39, 0.29) is 5.91 Å². The molecule has 2 aliphatic heterocycles. The highest BCUT2D eigenvalue weighted by atomic mass is 79.9. The quantitative estimate of drug-likeness (QED) is 0.842. The molecule has 1 N–H and O–H groups in total. The van der Waals surface area contributed by atoms with Crippen molar-refractivity contribution in [2.75, 3.05) is 19.6 Å². The first kappa shape index (κ1) is 17.1. The zero-order valence-electron chi connectivity index (χ0n) is 14.6. The molecule has 2 saturated heterocycles. The van der Waals surface area contributed by atoms with Crippen molar-refractivity contribution in [3.63, 3.8) is 0 Å². The number of hydrogen-bond donors (Lipinski definition) is 1. The number of nitrogens with zero attached hydrogens (tertiary/aromatic N) is 2. The van der Waals surface area contributed by atoms with Crippen LogP contribution in [0, 0.1) is 5.92 Å². The third-order valence-corrected chi connectivity index (χ3v) is 6.33. The summed E-state index contributed by atoms with van der Waals surface area (Å²) in [5.74, 6) is 0.740. The number of rotatable bonds is 4. The first-order chi connectivity index (χ1) is 12.2. The maximum Gasteiger partial charge on any atom is 0.239 e. The van der Waals surface area contributed by atoms with Gasteiger partial charge in [0.25, 0.3) is 0 Å². The van der Waals surface area contributed by atoms with E-state index in [1.54, 1.807) is 0 Å². The third-order valence-electron chi connectivity index (χ3n) is 5.84. The number of benzene rings is 1. The van der Waals surface area contributed by atoms with E-state index in [2.05, 4.69) is 44.3 Å². The molecule has 0 radical (unpaired) electrons. The van der Waals surface area contributed by atoms with E-state index in [9.17, 15) is 4.79 Å². The molecule has 2 aromatic rings. The van der Waals surface area contributed by atoms with Crippen LogP contribution in [0.5, 0.6) is 0 Å². The van der Waals surface area contributed by atoms with E-state index < -0.39 is 0 Å². The van der Waals surface area contributed by atoms with Crippen molar-refractivity contribution in [3.05, 3.63) is 34.9 Å². The van der Waals surface area contributed by atoms with Crippen LogP contribution in [0.1, 0.15) is 32.1 Å². The second-order valence-corrected chi connectivity index (χ2v) is 8.37. The summed E-state index contributed by atoms with van der Waals surface area (Å²) in [4.78, 5) is 15.1. The molecule has 1 aromatic heterocycles. The van der Waals surface area contributed by atoms with Gasteiger partial charge in [-0.3, -0.25) is 4.79 Å². The fourth-order valence-electron chi connectivity index (χ4n) is 4.58. The Morgan fingerprint density at radius 3 is 2.96 bits per heavy atom. The van der Waals surface area contributed by atoms with Crippen LogP contribution in [0.3, 0.4) is 0 Å². The summed E-state index contributed by atoms with van der Waals surface area (Å²) in [5, 5.41) is 4.36. The van der Waals surface area contributed by atoms with Crippen LogP contribution in [0.2, 0.25) is 0 Å². The first-order valence-corrected chi connectivity index (χ1v) is 10.3. The number of carbonyl (C=O) groups excluding carboxylic acids is 1. The molecular formula is C20H26BrN3O. The molecule has 4 rings (SSSR count). The average molecular weight is 404 g/mol. The number of carbonyl (C=O) groups is 1. The van der Waals surface area contributed by atoms with Crippen LogP contribution in [-0.4, -0.2) is 41.1 Å². The summed E-state index contributed by atoms with van der Waals surface area (Å²) >= 11 is 3.50. The minimum absolute atomic E-state index is 0.119. The topological polar surface area (TPSA) is 37.3 Å². The smallest absolute Gasteiger partial charge is 0.239 e. The Morgan fingerprint density at radius 2 is 2.04 bits per heavy atom. The molecule has 0 saturated carbocycles. The van der Waals surface area contributed by atoms with Crippen molar-refractivity contribution < 1.29 is 4.79 Å². The molecule has 4 nitrogen and oxygen atoms in total. The van der Waals surface area contributed by atoms with Crippen molar-refractivity contribution in [1.29, 1.82) is 0 Å². The number of hydrogen-bond acceptors (Lipinski definition) is 2. The number of aromatic nitrogens is 1. The Kier molecular flexibility index (Phi) is 5.13. The molecule has 0 bridgehead atoms. The normalized spacial score (nSPS) is 24.2. The van der Waals surface area contributed by atoms with Crippen molar-refractivity contribution >= 4 is 32.7 Å². The number of nitrogens with one attached hydrogen (secondary N) is 1. The number of piperidine rings is 2. The fraction of sp³-hybridized carbons (Fsp3) is 0.550. The van der Waals surface area contributed by atoms with Gasteiger partial charge in [0.1, 0.15) is 6.54 Å². The number of halogens is 1. The van der Waals surface area contributed by atoms with Gasteiger partial charge >= 0.3 is 0 Å². The van der Waals surface area contributed by atoms with Crippen LogP contribution in [0.4, 0.5) is 0 Å². The zero-order chi connectivity index (χ0) is 17.2. The van der Waals surface area contributed by atoms with E-state index in [1.807, 2.05) is 16.8 Å². The lowest BCUT2D eigenvalue weighted by Gasteiger charge is -2.44. The summed E-state index contributed by atoms with van der Waals surface area (Å²) in [6.45, 7) is 3.72. The molecule has 0 unspecified atom stereocenters. The van der Waals surface area contributed by atoms with Gasteiger partial charge in [0.15, 0.2) is 0 Å². The second kappa shape index (κ2) is 7.50. The Morgan fingerprint density at radius 1 is 1.16 bits per heavy atom. The molecular weight excluding hydrogens is 378 g/mol. The lowest BCUT2D eigenvalue weighted by Crippen LogP contribution is -2.51. The molecule has 2 atom stereocenters. The third kappa shape index (κ3) is 3.77. The molecule has 0 aliphatic carbocycles. The molecule has 2 fully saturated rings. The molecule has 25 heavy (non-hydrogen) atoms. The summed E-state index contributed by atoms with van der Waals surface area (Å²) in [7, 11) is 0. The minimum Gasteiger partial charge on any atom is -0.354 e. The maximum atomic E-state index is 12.5. The van der Waals surface area contributed by atoms with Crippen LogP contribution in [0.25, 0.3) is 10.9 Å². The Bertz CT molecular complexity index is 754. The highest BCUT2D eigenvalue weighted by molar-refractivity contribution is 9.10. The van der Waals surface area contributed by atoms with Crippen LogP contribution < -0.4 is 5.32 Å². The van der Waals surface area contributed by atoms with Gasteiger partial charge in [-0.25, -0.2) is 0 Å². The molecule has 5 heteroatoms. The van der Waals surface area contributed by atoms with Gasteiger partial charge in [-0.15, -0.1) is 0 Å². The highest BCUT2D eigenvalue weighted by Gasteiger charge is 2.32. The second-order valence-electron chi connectivity index (χ2n) is 7.45. The van der Waals surface area contributed by atoms with Gasteiger partial charge in [0.2, 0.25) is 5.91 Å². The molecule has 1 amide bonds. The zero-order valence-corrected chi connectivity index (χ0v) is 16.2. The lowest BCUT2D eigenvalue weighted by molar-refractivity contribution is -0.122. The SMILES string of the molecule is O=C(Cn1ccc2cc(Br)ccc21)NC[C@H]1CCCN2CCCC[C@H]12. The van der Waals surface area contributed by atoms with Gasteiger partial charge in [-0.1, -0.05) is 22.4 Å². The first-order valence-electron chi connectivity index (χ1n) is 9.46. The van der Waals surface area contributed by atoms with Crippen LogP contribution in [-0.2, 0) is 11.3 Å². The largest absolute Gasteiger partial charge is 0.354 e. The summed E-state index contributed by atoms with van der Waals surface area (Å²) in [6.07, 6.45) is 8.51. The van der Waals surface area contributed by atoms with Gasteiger partial charge in [0.05, 0.1) is 0 Å². The molecule has 0 spiro atoms. The van der Waals surface area contributed by atoms with Gasteiger partial charge in [-0.2, -0.15) is 0 Å². The van der Waals surface area contributed by atoms with E-state index in [4.69, 9.17) is 0 Å². The van der Waals surface area contributed by atoms with Gasteiger partial charge in [-0.05, 0) is 69.0 Å². The average Bonchev–Trinajstić information content (AvgIpc) is 3.01. The number of amides is 1. The number of fused-ring (bicyclic) bond motifs is 2. The lowest BCUT2D eigenvalue weighted by atomic mass is 9.83. The maximum absolute atomic E-state index is 12.5.